The standard InChI is InChI=1S/C20H17N3O3S/c1-12(15-10-9-14(19(25)26)11-18(15)24)22-23-20(27)21-17-8-4-6-13-5-2-3-7-16(13)17/h2-11,24H,1H3,(H,25,26)(H2,21,23,27)/b22-12+. The van der Waals surface area contributed by atoms with Crippen molar-refractivity contribution in [1.82, 2.24) is 5.43 Å². The number of aromatic carboxylic acids is 1. The van der Waals surface area contributed by atoms with Crippen LogP contribution in [0.2, 0.25) is 0 Å². The van der Waals surface area contributed by atoms with E-state index in [0.717, 1.165) is 16.5 Å². The third kappa shape index (κ3) is 4.21. The van der Waals surface area contributed by atoms with Crippen molar-refractivity contribution in [2.45, 2.75) is 6.92 Å². The predicted octanol–water partition coefficient (Wildman–Crippen LogP) is 3.95. The molecule has 4 N–H and O–H groups in total. The SMILES string of the molecule is C/C(=N\NC(=S)Nc1cccc2ccccc12)c1ccc(C(=O)O)cc1O. The van der Waals surface area contributed by atoms with Crippen LogP contribution < -0.4 is 10.7 Å². The lowest BCUT2D eigenvalue weighted by Crippen LogP contribution is -2.25. The van der Waals surface area contributed by atoms with Crippen molar-refractivity contribution in [3.8, 4) is 5.75 Å². The first-order valence-electron chi connectivity index (χ1n) is 8.11. The first-order chi connectivity index (χ1) is 13.0. The normalized spacial score (nSPS) is 11.2. The van der Waals surface area contributed by atoms with Gasteiger partial charge in [0, 0.05) is 16.6 Å². The second kappa shape index (κ2) is 7.84. The van der Waals surface area contributed by atoms with Crippen LogP contribution in [0.4, 0.5) is 5.69 Å². The monoisotopic (exact) mass is 379 g/mol. The summed E-state index contributed by atoms with van der Waals surface area (Å²) in [6, 6.07) is 17.9. The highest BCUT2D eigenvalue weighted by atomic mass is 32.1. The van der Waals surface area contributed by atoms with Crippen molar-refractivity contribution in [2.75, 3.05) is 5.32 Å². The zero-order valence-electron chi connectivity index (χ0n) is 14.4. The van der Waals surface area contributed by atoms with Gasteiger partial charge in [0.2, 0.25) is 0 Å². The molecule has 0 saturated carbocycles. The Bertz CT molecular complexity index is 1060. The highest BCUT2D eigenvalue weighted by Gasteiger charge is 2.10. The molecule has 0 aromatic heterocycles. The summed E-state index contributed by atoms with van der Waals surface area (Å²) in [5, 5.41) is 28.6. The number of carboxylic acid groups (broad SMARTS) is 1. The number of carboxylic acids is 1. The molecule has 0 bridgehead atoms. The average molecular weight is 379 g/mol. The molecule has 0 spiro atoms. The topological polar surface area (TPSA) is 94.0 Å². The van der Waals surface area contributed by atoms with Gasteiger partial charge in [0.25, 0.3) is 0 Å². The summed E-state index contributed by atoms with van der Waals surface area (Å²) in [5.74, 6) is -1.27. The van der Waals surface area contributed by atoms with E-state index in [4.69, 9.17) is 17.3 Å². The fourth-order valence-corrected chi connectivity index (χ4v) is 2.81. The lowest BCUT2D eigenvalue weighted by molar-refractivity contribution is 0.0696. The molecule has 0 aliphatic heterocycles. The van der Waals surface area contributed by atoms with Crippen LogP contribution in [0.3, 0.4) is 0 Å². The van der Waals surface area contributed by atoms with E-state index in [2.05, 4.69) is 15.8 Å². The number of nitrogens with zero attached hydrogens (tertiary/aromatic N) is 1. The first-order valence-corrected chi connectivity index (χ1v) is 8.52. The molecule has 7 heteroatoms. The fraction of sp³-hybridized carbons (Fsp3) is 0.0500. The van der Waals surface area contributed by atoms with Crippen molar-refractivity contribution in [3.05, 3.63) is 71.8 Å². The lowest BCUT2D eigenvalue weighted by Gasteiger charge is -2.11. The van der Waals surface area contributed by atoms with Gasteiger partial charge in [-0.1, -0.05) is 36.4 Å². The minimum atomic E-state index is -1.11. The van der Waals surface area contributed by atoms with Crippen LogP contribution in [0.5, 0.6) is 5.75 Å². The minimum absolute atomic E-state index is 0.00477. The van der Waals surface area contributed by atoms with Gasteiger partial charge >= 0.3 is 5.97 Å². The van der Waals surface area contributed by atoms with Crippen molar-refractivity contribution in [1.29, 1.82) is 0 Å². The van der Waals surface area contributed by atoms with Gasteiger partial charge in [-0.05, 0) is 48.8 Å². The zero-order chi connectivity index (χ0) is 19.4. The third-order valence-electron chi connectivity index (χ3n) is 4.00. The second-order valence-electron chi connectivity index (χ2n) is 5.83. The molecule has 0 fully saturated rings. The summed E-state index contributed by atoms with van der Waals surface area (Å²) in [4.78, 5) is 10.9. The first kappa shape index (κ1) is 18.3. The van der Waals surface area contributed by atoms with Gasteiger partial charge in [-0.3, -0.25) is 5.43 Å². The maximum atomic E-state index is 10.9. The van der Waals surface area contributed by atoms with Crippen molar-refractivity contribution in [3.63, 3.8) is 0 Å². The smallest absolute Gasteiger partial charge is 0.335 e. The zero-order valence-corrected chi connectivity index (χ0v) is 15.2. The molecule has 3 aromatic carbocycles. The lowest BCUT2D eigenvalue weighted by atomic mass is 10.1. The predicted molar refractivity (Wildman–Crippen MR) is 111 cm³/mol. The van der Waals surface area contributed by atoms with Gasteiger partial charge in [0.05, 0.1) is 11.3 Å². The van der Waals surface area contributed by atoms with Crippen LogP contribution in [-0.2, 0) is 0 Å². The molecule has 0 aliphatic carbocycles. The number of aromatic hydroxyl groups is 1. The molecule has 0 saturated heterocycles. The summed E-state index contributed by atoms with van der Waals surface area (Å²) >= 11 is 5.29. The molecule has 0 aliphatic rings. The number of benzene rings is 3. The van der Waals surface area contributed by atoms with Gasteiger partial charge in [0.15, 0.2) is 5.11 Å². The fourth-order valence-electron chi connectivity index (χ4n) is 2.65. The molecule has 0 amide bonds. The van der Waals surface area contributed by atoms with E-state index >= 15 is 0 Å². The molecule has 0 unspecified atom stereocenters. The van der Waals surface area contributed by atoms with Crippen LogP contribution in [0.25, 0.3) is 10.8 Å². The Balaban J connectivity index is 1.73. The molecule has 3 rings (SSSR count). The molecule has 0 atom stereocenters. The Kier molecular flexibility index (Phi) is 5.33. The minimum Gasteiger partial charge on any atom is -0.507 e. The molecule has 136 valence electrons. The van der Waals surface area contributed by atoms with Crippen molar-refractivity contribution < 1.29 is 15.0 Å². The number of carbonyl (C=O) groups is 1. The van der Waals surface area contributed by atoms with Crippen LogP contribution in [-0.4, -0.2) is 27.0 Å². The average Bonchev–Trinajstić information content (AvgIpc) is 2.66. The van der Waals surface area contributed by atoms with E-state index in [0.29, 0.717) is 16.4 Å². The van der Waals surface area contributed by atoms with Crippen LogP contribution in [0.1, 0.15) is 22.8 Å². The largest absolute Gasteiger partial charge is 0.507 e. The quantitative estimate of drug-likeness (QED) is 0.311. The molecular formula is C20H17N3O3S. The number of hydrogen-bond donors (Lipinski definition) is 4. The number of anilines is 1. The summed E-state index contributed by atoms with van der Waals surface area (Å²) in [5.41, 5.74) is 4.48. The number of rotatable bonds is 4. The summed E-state index contributed by atoms with van der Waals surface area (Å²) in [6.45, 7) is 1.68. The number of thiocarbonyl (C=S) groups is 1. The highest BCUT2D eigenvalue weighted by Crippen LogP contribution is 2.23. The van der Waals surface area contributed by atoms with Crippen LogP contribution in [0.15, 0.2) is 65.8 Å². The van der Waals surface area contributed by atoms with E-state index in [9.17, 15) is 9.90 Å². The van der Waals surface area contributed by atoms with E-state index in [-0.39, 0.29) is 11.3 Å². The van der Waals surface area contributed by atoms with E-state index < -0.39 is 5.97 Å². The Morgan fingerprint density at radius 1 is 1.07 bits per heavy atom. The molecule has 27 heavy (non-hydrogen) atoms. The number of nitrogens with one attached hydrogen (secondary N) is 2. The summed E-state index contributed by atoms with van der Waals surface area (Å²) in [6.07, 6.45) is 0. The van der Waals surface area contributed by atoms with Gasteiger partial charge < -0.3 is 15.5 Å². The molecule has 3 aromatic rings. The van der Waals surface area contributed by atoms with E-state index in [1.54, 1.807) is 6.92 Å². The van der Waals surface area contributed by atoms with E-state index in [1.807, 2.05) is 42.5 Å². The maximum Gasteiger partial charge on any atom is 0.335 e. The van der Waals surface area contributed by atoms with Gasteiger partial charge in [-0.15, -0.1) is 0 Å². The van der Waals surface area contributed by atoms with Crippen molar-refractivity contribution >= 4 is 45.5 Å². The third-order valence-corrected chi connectivity index (χ3v) is 4.19. The van der Waals surface area contributed by atoms with Crippen LogP contribution in [0, 0.1) is 0 Å². The van der Waals surface area contributed by atoms with E-state index in [1.165, 1.54) is 18.2 Å². The Morgan fingerprint density at radius 3 is 2.56 bits per heavy atom. The highest BCUT2D eigenvalue weighted by molar-refractivity contribution is 7.80. The summed E-state index contributed by atoms with van der Waals surface area (Å²) in [7, 11) is 0. The number of phenolic OH excluding ortho intramolecular Hbond substituents is 1. The van der Waals surface area contributed by atoms with Gasteiger partial charge in [-0.25, -0.2) is 4.79 Å². The van der Waals surface area contributed by atoms with Gasteiger partial charge in [-0.2, -0.15) is 5.10 Å². The Morgan fingerprint density at radius 2 is 1.81 bits per heavy atom. The maximum absolute atomic E-state index is 10.9. The Hall–Kier alpha value is -3.45. The second-order valence-corrected chi connectivity index (χ2v) is 6.24. The number of phenols is 1. The number of hydrogen-bond acceptors (Lipinski definition) is 4. The molecule has 0 radical (unpaired) electrons. The number of fused-ring (bicyclic) bond motifs is 1. The number of hydrazone groups is 1. The van der Waals surface area contributed by atoms with Gasteiger partial charge in [0.1, 0.15) is 5.75 Å². The summed E-state index contributed by atoms with van der Waals surface area (Å²) < 4.78 is 0. The van der Waals surface area contributed by atoms with Crippen LogP contribution >= 0.6 is 12.2 Å². The molecule has 0 heterocycles. The molecular weight excluding hydrogens is 362 g/mol. The molecule has 6 nitrogen and oxygen atoms in total. The Labute approximate surface area is 161 Å². The van der Waals surface area contributed by atoms with Crippen molar-refractivity contribution in [2.24, 2.45) is 5.10 Å².